The van der Waals surface area contributed by atoms with E-state index in [1.165, 1.54) is 17.3 Å². The zero-order valence-electron chi connectivity index (χ0n) is 15.2. The fourth-order valence-electron chi connectivity index (χ4n) is 2.53. The quantitative estimate of drug-likeness (QED) is 0.233. The summed E-state index contributed by atoms with van der Waals surface area (Å²) in [6.45, 7) is 6.50. The van der Waals surface area contributed by atoms with Gasteiger partial charge >= 0.3 is 5.97 Å². The number of rotatable bonds is 7. The van der Waals surface area contributed by atoms with Gasteiger partial charge in [-0.15, -0.1) is 11.3 Å². The Morgan fingerprint density at radius 1 is 1.27 bits per heavy atom. The molecule has 26 heavy (non-hydrogen) atoms. The van der Waals surface area contributed by atoms with Gasteiger partial charge in [0.15, 0.2) is 0 Å². The number of thioether (sulfide) groups is 1. The number of fused-ring (bicyclic) bond motifs is 1. The molecule has 0 aliphatic rings. The summed E-state index contributed by atoms with van der Waals surface area (Å²) in [6, 6.07) is 8.42. The van der Waals surface area contributed by atoms with Crippen molar-refractivity contribution in [1.29, 1.82) is 0 Å². The van der Waals surface area contributed by atoms with Crippen LogP contribution in [-0.4, -0.2) is 27.8 Å². The highest BCUT2D eigenvalue weighted by molar-refractivity contribution is 8.00. The molecule has 0 N–H and O–H groups in total. The number of carbonyl (C=O) groups excluding carboxylic acids is 1. The third-order valence-electron chi connectivity index (χ3n) is 4.06. The van der Waals surface area contributed by atoms with Gasteiger partial charge in [-0.1, -0.05) is 54.9 Å². The molecule has 0 saturated heterocycles. The minimum absolute atomic E-state index is 0.192. The normalized spacial score (nSPS) is 12.3. The fourth-order valence-corrected chi connectivity index (χ4v) is 4.44. The molecule has 4 nitrogen and oxygen atoms in total. The summed E-state index contributed by atoms with van der Waals surface area (Å²) < 4.78 is 5.34. The van der Waals surface area contributed by atoms with Crippen LogP contribution in [0.5, 0.6) is 0 Å². The molecule has 0 spiro atoms. The van der Waals surface area contributed by atoms with Crippen LogP contribution in [0, 0.1) is 6.92 Å². The lowest BCUT2D eigenvalue weighted by Gasteiger charge is -2.11. The minimum atomic E-state index is -0.310. The van der Waals surface area contributed by atoms with Gasteiger partial charge in [0, 0.05) is 10.9 Å². The molecule has 0 aliphatic carbocycles. The first-order chi connectivity index (χ1) is 12.6. The van der Waals surface area contributed by atoms with E-state index in [4.69, 9.17) is 4.74 Å². The molecule has 2 heterocycles. The summed E-state index contributed by atoms with van der Waals surface area (Å²) >= 11 is 3.04. The van der Waals surface area contributed by atoms with Crippen LogP contribution in [0.4, 0.5) is 0 Å². The van der Waals surface area contributed by atoms with Crippen molar-refractivity contribution in [3.8, 4) is 11.1 Å². The van der Waals surface area contributed by atoms with E-state index in [9.17, 15) is 4.79 Å². The van der Waals surface area contributed by atoms with E-state index in [1.54, 1.807) is 17.7 Å². The average Bonchev–Trinajstić information content (AvgIpc) is 3.07. The van der Waals surface area contributed by atoms with Gasteiger partial charge in [-0.25, -0.2) is 9.97 Å². The first-order valence-corrected chi connectivity index (χ1v) is 10.5. The molecule has 3 aromatic rings. The number of hydrogen-bond donors (Lipinski definition) is 0. The molecule has 136 valence electrons. The number of aromatic nitrogens is 2. The third kappa shape index (κ3) is 4.24. The number of aryl methyl sites for hydroxylation is 1. The number of thiophene rings is 1. The summed E-state index contributed by atoms with van der Waals surface area (Å²) in [6.07, 6.45) is 3.47. The largest absolute Gasteiger partial charge is 0.465 e. The van der Waals surface area contributed by atoms with Crippen molar-refractivity contribution in [3.63, 3.8) is 0 Å². The molecule has 0 amide bonds. The maximum Gasteiger partial charge on any atom is 0.319 e. The van der Waals surface area contributed by atoms with Gasteiger partial charge in [0.1, 0.15) is 21.4 Å². The fraction of sp³-hybridized carbons (Fsp3) is 0.350. The number of ether oxygens (including phenoxy) is 1. The molecule has 1 atom stereocenters. The molecule has 0 aliphatic heterocycles. The van der Waals surface area contributed by atoms with Crippen LogP contribution in [0.25, 0.3) is 21.3 Å². The van der Waals surface area contributed by atoms with Gasteiger partial charge in [0.05, 0.1) is 12.0 Å². The molecule has 0 fully saturated rings. The standard InChI is InChI=1S/C20H22N2O2S2/c1-4-5-10-24-20(23)14(3)26-19-17-16(11-25-18(17)21-12-22-19)15-8-6-13(2)7-9-15/h6-9,11-12,14H,4-5,10H2,1-3H3. The molecule has 6 heteroatoms. The Morgan fingerprint density at radius 3 is 2.77 bits per heavy atom. The van der Waals surface area contributed by atoms with E-state index in [0.717, 1.165) is 39.2 Å². The van der Waals surface area contributed by atoms with Crippen molar-refractivity contribution >= 4 is 39.3 Å². The predicted molar refractivity (Wildman–Crippen MR) is 109 cm³/mol. The van der Waals surface area contributed by atoms with Gasteiger partial charge in [0.25, 0.3) is 0 Å². The highest BCUT2D eigenvalue weighted by Crippen LogP contribution is 2.39. The Bertz CT molecular complexity index is 890. The third-order valence-corrected chi connectivity index (χ3v) is 6.03. The minimum Gasteiger partial charge on any atom is -0.465 e. The molecular formula is C20H22N2O2S2. The first-order valence-electron chi connectivity index (χ1n) is 8.72. The Labute approximate surface area is 162 Å². The van der Waals surface area contributed by atoms with E-state index < -0.39 is 0 Å². The Balaban J connectivity index is 1.88. The molecular weight excluding hydrogens is 364 g/mol. The predicted octanol–water partition coefficient (Wildman–Crippen LogP) is 5.49. The topological polar surface area (TPSA) is 52.1 Å². The van der Waals surface area contributed by atoms with Gasteiger partial charge in [-0.3, -0.25) is 4.79 Å². The highest BCUT2D eigenvalue weighted by Gasteiger charge is 2.20. The van der Waals surface area contributed by atoms with Crippen LogP contribution in [0.15, 0.2) is 41.0 Å². The second-order valence-electron chi connectivity index (χ2n) is 6.16. The van der Waals surface area contributed by atoms with E-state index in [0.29, 0.717) is 6.61 Å². The van der Waals surface area contributed by atoms with Crippen molar-refractivity contribution in [1.82, 2.24) is 9.97 Å². The summed E-state index contributed by atoms with van der Waals surface area (Å²) in [7, 11) is 0. The second-order valence-corrected chi connectivity index (χ2v) is 8.34. The molecule has 0 bridgehead atoms. The number of esters is 1. The molecule has 0 radical (unpaired) electrons. The van der Waals surface area contributed by atoms with Crippen molar-refractivity contribution in [2.24, 2.45) is 0 Å². The lowest BCUT2D eigenvalue weighted by atomic mass is 10.1. The van der Waals surface area contributed by atoms with Crippen LogP contribution >= 0.6 is 23.1 Å². The highest BCUT2D eigenvalue weighted by atomic mass is 32.2. The Kier molecular flexibility index (Phi) is 6.27. The molecule has 0 saturated carbocycles. The van der Waals surface area contributed by atoms with Crippen molar-refractivity contribution in [3.05, 3.63) is 41.5 Å². The maximum atomic E-state index is 12.2. The molecule has 2 aromatic heterocycles. The number of carbonyl (C=O) groups is 1. The number of nitrogens with zero attached hydrogens (tertiary/aromatic N) is 2. The number of unbranched alkanes of at least 4 members (excludes halogenated alkanes) is 1. The maximum absolute atomic E-state index is 12.2. The van der Waals surface area contributed by atoms with Crippen LogP contribution in [0.2, 0.25) is 0 Å². The zero-order chi connectivity index (χ0) is 18.5. The van der Waals surface area contributed by atoms with Crippen LogP contribution in [0.3, 0.4) is 0 Å². The van der Waals surface area contributed by atoms with Gasteiger partial charge < -0.3 is 4.74 Å². The average molecular weight is 387 g/mol. The van der Waals surface area contributed by atoms with Gasteiger partial charge in [-0.2, -0.15) is 0 Å². The monoisotopic (exact) mass is 386 g/mol. The van der Waals surface area contributed by atoms with Gasteiger partial charge in [0.2, 0.25) is 0 Å². The Hall–Kier alpha value is -1.92. The SMILES string of the molecule is CCCCOC(=O)C(C)Sc1ncnc2scc(-c3ccc(C)cc3)c12. The lowest BCUT2D eigenvalue weighted by Crippen LogP contribution is -2.17. The summed E-state index contributed by atoms with van der Waals surface area (Å²) in [5, 5.41) is 3.64. The van der Waals surface area contributed by atoms with Crippen LogP contribution in [0.1, 0.15) is 32.3 Å². The van der Waals surface area contributed by atoms with E-state index in [1.807, 2.05) is 6.92 Å². The molecule has 1 unspecified atom stereocenters. The van der Waals surface area contributed by atoms with Crippen LogP contribution in [-0.2, 0) is 9.53 Å². The zero-order valence-corrected chi connectivity index (χ0v) is 16.8. The van der Waals surface area contributed by atoms with Crippen molar-refractivity contribution in [2.75, 3.05) is 6.61 Å². The first kappa shape index (κ1) is 18.9. The summed E-state index contributed by atoms with van der Waals surface area (Å²) in [5.74, 6) is -0.192. The van der Waals surface area contributed by atoms with E-state index in [-0.39, 0.29) is 11.2 Å². The molecule has 1 aromatic carbocycles. The second kappa shape index (κ2) is 8.64. The van der Waals surface area contributed by atoms with Crippen LogP contribution < -0.4 is 0 Å². The number of hydrogen-bond acceptors (Lipinski definition) is 6. The smallest absolute Gasteiger partial charge is 0.319 e. The summed E-state index contributed by atoms with van der Waals surface area (Å²) in [4.78, 5) is 22.0. The van der Waals surface area contributed by atoms with E-state index >= 15 is 0 Å². The lowest BCUT2D eigenvalue weighted by molar-refractivity contribution is -0.142. The van der Waals surface area contributed by atoms with Crippen molar-refractivity contribution < 1.29 is 9.53 Å². The van der Waals surface area contributed by atoms with E-state index in [2.05, 4.69) is 53.5 Å². The Morgan fingerprint density at radius 2 is 2.04 bits per heavy atom. The molecule has 3 rings (SSSR count). The van der Waals surface area contributed by atoms with Gasteiger partial charge in [-0.05, 0) is 25.8 Å². The number of benzene rings is 1. The van der Waals surface area contributed by atoms with Crippen molar-refractivity contribution in [2.45, 2.75) is 43.9 Å². The summed E-state index contributed by atoms with van der Waals surface area (Å²) in [5.41, 5.74) is 3.47.